The van der Waals surface area contributed by atoms with Crippen molar-refractivity contribution in [3.05, 3.63) is 12.2 Å². The fraction of sp³-hybridized carbons (Fsp3) is 0.896. The molecule has 334 valence electrons. The molecule has 0 spiro atoms. The van der Waals surface area contributed by atoms with Crippen LogP contribution in [0, 0.1) is 5.92 Å². The molecule has 0 amide bonds. The molecule has 1 atom stereocenters. The minimum Gasteiger partial charge on any atom is -0.550 e. The molecule has 0 heterocycles. The summed E-state index contributed by atoms with van der Waals surface area (Å²) in [7, 11) is 13.8. The zero-order valence-electron chi connectivity index (χ0n) is 39.0. The van der Waals surface area contributed by atoms with Crippen LogP contribution in [0.15, 0.2) is 12.2 Å². The van der Waals surface area contributed by atoms with Gasteiger partial charge in [0, 0.05) is 23.4 Å². The lowest BCUT2D eigenvalue weighted by molar-refractivity contribution is -0.870. The van der Waals surface area contributed by atoms with E-state index >= 15 is 0 Å². The van der Waals surface area contributed by atoms with Gasteiger partial charge >= 0.3 is 5.97 Å². The summed E-state index contributed by atoms with van der Waals surface area (Å²) in [6, 6.07) is 0. The molecule has 0 aromatic carbocycles. The summed E-state index contributed by atoms with van der Waals surface area (Å²) in [4.78, 5) is 31.6. The summed E-state index contributed by atoms with van der Waals surface area (Å²) in [5, 5.41) is 20.7. The summed E-state index contributed by atoms with van der Waals surface area (Å²) in [5.74, 6) is -4.86. The van der Waals surface area contributed by atoms with Gasteiger partial charge in [0.05, 0.1) is 62.0 Å². The molecule has 0 aliphatic rings. The lowest BCUT2D eigenvalue weighted by Gasteiger charge is -2.23. The van der Waals surface area contributed by atoms with Crippen molar-refractivity contribution in [2.75, 3.05) is 62.0 Å². The van der Waals surface area contributed by atoms with Crippen LogP contribution >= 0.6 is 0 Å². The molecule has 0 N–H and O–H groups in total. The molecule has 0 saturated heterocycles. The molecule has 0 aliphatic heterocycles. The van der Waals surface area contributed by atoms with Crippen LogP contribution in [0.4, 0.5) is 0 Å². The normalized spacial score (nSPS) is 11.9. The highest BCUT2D eigenvalue weighted by molar-refractivity contribution is 5.86. The lowest BCUT2D eigenvalue weighted by Crippen LogP contribution is -2.36. The number of quaternary nitrogens is 2. The van der Waals surface area contributed by atoms with E-state index in [1.807, 2.05) is 0 Å². The number of aliphatic carboxylic acids is 2. The number of carbonyl (C=O) groups excluding carboxylic acids is 3. The topological polar surface area (TPSA) is 107 Å². The second-order valence-electron chi connectivity index (χ2n) is 18.5. The van der Waals surface area contributed by atoms with Crippen molar-refractivity contribution in [2.45, 2.75) is 213 Å². The van der Waals surface area contributed by atoms with E-state index in [1.54, 1.807) is 0 Å². The Morgan fingerprint density at radius 2 is 0.768 bits per heavy atom. The molecule has 0 bridgehead atoms. The molecular formula is C48H96N2O6. The van der Waals surface area contributed by atoms with Crippen molar-refractivity contribution in [2.24, 2.45) is 5.92 Å². The summed E-state index contributed by atoms with van der Waals surface area (Å²) < 4.78 is 6.87. The Balaban J connectivity index is -0.000000758. The number of unbranched alkanes of at least 4 members (excludes halogenated alkanes) is 26. The van der Waals surface area contributed by atoms with E-state index in [1.165, 1.54) is 200 Å². The first-order valence-electron chi connectivity index (χ1n) is 23.3. The van der Waals surface area contributed by atoms with Crippen LogP contribution in [-0.2, 0) is 19.1 Å². The van der Waals surface area contributed by atoms with Crippen molar-refractivity contribution in [1.29, 1.82) is 0 Å². The van der Waals surface area contributed by atoms with Crippen molar-refractivity contribution in [3.8, 4) is 0 Å². The van der Waals surface area contributed by atoms with Gasteiger partial charge in [0.15, 0.2) is 0 Å². The molecule has 0 fully saturated rings. The van der Waals surface area contributed by atoms with Crippen LogP contribution < -0.4 is 10.2 Å². The summed E-state index contributed by atoms with van der Waals surface area (Å²) in [5.41, 5.74) is 0.185. The van der Waals surface area contributed by atoms with Crippen molar-refractivity contribution >= 4 is 17.9 Å². The molecule has 0 radical (unpaired) electrons. The monoisotopic (exact) mass is 797 g/mol. The molecule has 8 nitrogen and oxygen atoms in total. The molecule has 0 aromatic rings. The van der Waals surface area contributed by atoms with Crippen LogP contribution in [0.2, 0.25) is 0 Å². The zero-order valence-corrected chi connectivity index (χ0v) is 39.0. The summed E-state index contributed by atoms with van der Waals surface area (Å²) in [6.07, 6.45) is 40.0. The summed E-state index contributed by atoms with van der Waals surface area (Å²) >= 11 is 0. The molecule has 0 rings (SSSR count). The number of carbonyl (C=O) groups is 3. The third kappa shape index (κ3) is 54.2. The number of hydrogen-bond donors (Lipinski definition) is 0. The van der Waals surface area contributed by atoms with Crippen LogP contribution in [0.5, 0.6) is 0 Å². The van der Waals surface area contributed by atoms with Gasteiger partial charge in [0.2, 0.25) is 0 Å². The smallest absolute Gasteiger partial charge is 0.333 e. The standard InChI is InChI=1S/2C19H42N.C10H14O6/c2*1-5-6-7-8-9-10-11-12-13-14-15-16-17-18-19-20(2,3)4;1-6(2)10(15)16-4-3-7(9(13)14)5-8(11)12/h2*5-19H2,1-4H3;7H,1,3-5H2,2H3,(H,11,12)(H,13,14)/q2*+1;/p-2. The van der Waals surface area contributed by atoms with Gasteiger partial charge in [-0.1, -0.05) is 175 Å². The van der Waals surface area contributed by atoms with Gasteiger partial charge < -0.3 is 33.5 Å². The van der Waals surface area contributed by atoms with E-state index in [-0.39, 0.29) is 18.6 Å². The third-order valence-corrected chi connectivity index (χ3v) is 10.2. The number of rotatable bonds is 37. The minimum atomic E-state index is -1.50. The maximum Gasteiger partial charge on any atom is 0.333 e. The Labute approximate surface area is 348 Å². The fourth-order valence-electron chi connectivity index (χ4n) is 6.48. The Kier molecular flexibility index (Phi) is 43.0. The van der Waals surface area contributed by atoms with Gasteiger partial charge in [-0.3, -0.25) is 0 Å². The van der Waals surface area contributed by atoms with Gasteiger partial charge in [0.25, 0.3) is 0 Å². The van der Waals surface area contributed by atoms with Crippen molar-refractivity contribution in [3.63, 3.8) is 0 Å². The Hall–Kier alpha value is -1.93. The Bertz CT molecular complexity index is 866. The predicted molar refractivity (Wildman–Crippen MR) is 235 cm³/mol. The number of ether oxygens (including phenoxy) is 1. The number of hydrogen-bond acceptors (Lipinski definition) is 6. The van der Waals surface area contributed by atoms with E-state index in [0.717, 1.165) is 8.97 Å². The summed E-state index contributed by atoms with van der Waals surface area (Å²) in [6.45, 7) is 11.8. The van der Waals surface area contributed by atoms with Gasteiger partial charge in [-0.15, -0.1) is 0 Å². The highest BCUT2D eigenvalue weighted by Crippen LogP contribution is 2.15. The van der Waals surface area contributed by atoms with E-state index in [0.29, 0.717) is 0 Å². The highest BCUT2D eigenvalue weighted by atomic mass is 16.5. The first-order chi connectivity index (χ1) is 26.5. The predicted octanol–water partition coefficient (Wildman–Crippen LogP) is 10.3. The van der Waals surface area contributed by atoms with E-state index in [9.17, 15) is 24.6 Å². The largest absolute Gasteiger partial charge is 0.550 e. The SMILES string of the molecule is C=C(C)C(=O)OCCC(CC(=O)[O-])C(=O)[O-].CCCCCCCCCCCCCCCC[N+](C)(C)C.CCCCCCCCCCCCCCCC[N+](C)(C)C. The van der Waals surface area contributed by atoms with Crippen molar-refractivity contribution in [1.82, 2.24) is 0 Å². The average molecular weight is 797 g/mol. The molecule has 0 saturated carbocycles. The molecule has 56 heavy (non-hydrogen) atoms. The van der Waals surface area contributed by atoms with E-state index in [2.05, 4.69) is 67.4 Å². The molecule has 0 aromatic heterocycles. The highest BCUT2D eigenvalue weighted by Gasteiger charge is 2.12. The quantitative estimate of drug-likeness (QED) is 0.0268. The fourth-order valence-corrected chi connectivity index (χ4v) is 6.48. The van der Waals surface area contributed by atoms with Gasteiger partial charge in [-0.25, -0.2) is 4.79 Å². The maximum atomic E-state index is 10.9. The van der Waals surface area contributed by atoms with Gasteiger partial charge in [-0.05, 0) is 45.4 Å². The Morgan fingerprint density at radius 1 is 0.500 bits per heavy atom. The van der Waals surface area contributed by atoms with E-state index < -0.39 is 30.2 Å². The van der Waals surface area contributed by atoms with Gasteiger partial charge in [0.1, 0.15) is 0 Å². The first-order valence-corrected chi connectivity index (χ1v) is 23.3. The molecular weight excluding hydrogens is 701 g/mol. The number of esters is 1. The van der Waals surface area contributed by atoms with Crippen LogP contribution in [0.3, 0.4) is 0 Å². The van der Waals surface area contributed by atoms with E-state index in [4.69, 9.17) is 0 Å². The lowest BCUT2D eigenvalue weighted by atomic mass is 10.0. The number of nitrogens with zero attached hydrogens (tertiary/aromatic N) is 2. The maximum absolute atomic E-state index is 10.9. The van der Waals surface area contributed by atoms with Crippen molar-refractivity contribution < 1.29 is 38.3 Å². The second kappa shape index (κ2) is 41.2. The minimum absolute atomic E-state index is 0.130. The zero-order chi connectivity index (χ0) is 42.9. The van der Waals surface area contributed by atoms with Gasteiger partial charge in [-0.2, -0.15) is 0 Å². The number of carboxylic acids is 2. The van der Waals surface area contributed by atoms with Crippen LogP contribution in [-0.4, -0.2) is 88.9 Å². The van der Waals surface area contributed by atoms with Crippen LogP contribution in [0.25, 0.3) is 0 Å². The molecule has 0 aliphatic carbocycles. The third-order valence-electron chi connectivity index (χ3n) is 10.2. The Morgan fingerprint density at radius 3 is 0.982 bits per heavy atom. The molecule has 8 heteroatoms. The second-order valence-corrected chi connectivity index (χ2v) is 18.5. The molecule has 1 unspecified atom stereocenters. The number of carboxylic acid groups (broad SMARTS) is 2. The first kappa shape index (κ1) is 58.4. The van der Waals surface area contributed by atoms with Crippen LogP contribution in [0.1, 0.15) is 213 Å². The average Bonchev–Trinajstić information content (AvgIpc) is 3.10.